The van der Waals surface area contributed by atoms with E-state index in [9.17, 15) is 4.79 Å². The Hall–Kier alpha value is -1.26. The molecule has 0 spiro atoms. The van der Waals surface area contributed by atoms with E-state index in [1.807, 2.05) is 6.92 Å². The van der Waals surface area contributed by atoms with Crippen LogP contribution in [0.5, 0.6) is 0 Å². The van der Waals surface area contributed by atoms with E-state index in [4.69, 9.17) is 15.4 Å². The van der Waals surface area contributed by atoms with Gasteiger partial charge in [-0.15, -0.1) is 0 Å². The van der Waals surface area contributed by atoms with Gasteiger partial charge in [-0.3, -0.25) is 0 Å². The lowest BCUT2D eigenvalue weighted by Gasteiger charge is -2.11. The molecule has 1 unspecified atom stereocenters. The molecular formula is C8H15N3O3. The minimum atomic E-state index is -0.959. The summed E-state index contributed by atoms with van der Waals surface area (Å²) in [6, 6.07) is 0. The van der Waals surface area contributed by atoms with Gasteiger partial charge in [0.2, 0.25) is 0 Å². The Kier molecular flexibility index (Phi) is 7.59. The van der Waals surface area contributed by atoms with Gasteiger partial charge in [0, 0.05) is 11.5 Å². The van der Waals surface area contributed by atoms with Crippen LogP contribution in [0.2, 0.25) is 0 Å². The number of rotatable bonds is 8. The van der Waals surface area contributed by atoms with E-state index < -0.39 is 12.1 Å². The average molecular weight is 201 g/mol. The van der Waals surface area contributed by atoms with Crippen LogP contribution >= 0.6 is 0 Å². The van der Waals surface area contributed by atoms with E-state index in [1.54, 1.807) is 0 Å². The monoisotopic (exact) mass is 201 g/mol. The van der Waals surface area contributed by atoms with Crippen molar-refractivity contribution in [2.75, 3.05) is 13.2 Å². The van der Waals surface area contributed by atoms with Crippen LogP contribution in [-0.4, -0.2) is 30.3 Å². The Morgan fingerprint density at radius 2 is 2.43 bits per heavy atom. The summed E-state index contributed by atoms with van der Waals surface area (Å²) >= 11 is 0. The zero-order valence-corrected chi connectivity index (χ0v) is 8.22. The minimum Gasteiger partial charge on any atom is -0.479 e. The third kappa shape index (κ3) is 6.28. The van der Waals surface area contributed by atoms with Crippen molar-refractivity contribution >= 4 is 5.97 Å². The van der Waals surface area contributed by atoms with Gasteiger partial charge in [0.25, 0.3) is 0 Å². The summed E-state index contributed by atoms with van der Waals surface area (Å²) in [5.41, 5.74) is 7.97. The molecule has 80 valence electrons. The number of hydrogen-bond donors (Lipinski definition) is 1. The summed E-state index contributed by atoms with van der Waals surface area (Å²) in [6.07, 6.45) is 1.48. The molecule has 0 amide bonds. The quantitative estimate of drug-likeness (QED) is 0.281. The number of hydrogen-bond acceptors (Lipinski definition) is 3. The van der Waals surface area contributed by atoms with Crippen LogP contribution in [0.1, 0.15) is 26.2 Å². The van der Waals surface area contributed by atoms with Gasteiger partial charge in [-0.25, -0.2) is 4.79 Å². The van der Waals surface area contributed by atoms with Crippen molar-refractivity contribution in [1.29, 1.82) is 0 Å². The first kappa shape index (κ1) is 12.7. The molecule has 0 heterocycles. The Bertz CT molecular complexity index is 214. The summed E-state index contributed by atoms with van der Waals surface area (Å²) in [4.78, 5) is 13.2. The first-order valence-corrected chi connectivity index (χ1v) is 4.57. The molecule has 1 atom stereocenters. The van der Waals surface area contributed by atoms with Gasteiger partial charge in [-0.2, -0.15) is 0 Å². The van der Waals surface area contributed by atoms with Crippen molar-refractivity contribution < 1.29 is 14.6 Å². The highest BCUT2D eigenvalue weighted by Gasteiger charge is 2.16. The highest BCUT2D eigenvalue weighted by Crippen LogP contribution is 2.04. The third-order valence-corrected chi connectivity index (χ3v) is 1.67. The molecule has 0 aromatic carbocycles. The maximum absolute atomic E-state index is 10.6. The zero-order valence-electron chi connectivity index (χ0n) is 8.22. The van der Waals surface area contributed by atoms with Crippen molar-refractivity contribution in [1.82, 2.24) is 0 Å². The van der Waals surface area contributed by atoms with Gasteiger partial charge in [0.05, 0.1) is 6.61 Å². The molecule has 0 fully saturated rings. The molecule has 0 bridgehead atoms. The summed E-state index contributed by atoms with van der Waals surface area (Å²) in [5.74, 6) is -0.959. The Morgan fingerprint density at radius 1 is 1.71 bits per heavy atom. The van der Waals surface area contributed by atoms with Crippen molar-refractivity contribution in [2.45, 2.75) is 32.3 Å². The van der Waals surface area contributed by atoms with E-state index in [0.29, 0.717) is 6.42 Å². The summed E-state index contributed by atoms with van der Waals surface area (Å²) in [5, 5.41) is 12.0. The van der Waals surface area contributed by atoms with Gasteiger partial charge in [0.15, 0.2) is 6.10 Å². The normalized spacial score (nSPS) is 11.8. The number of carbonyl (C=O) groups is 1. The molecule has 0 aromatic rings. The maximum Gasteiger partial charge on any atom is 0.332 e. The Balaban J connectivity index is 3.72. The number of nitrogens with zero attached hydrogens (tertiary/aromatic N) is 3. The predicted octanol–water partition coefficient (Wildman–Crippen LogP) is 1.96. The highest BCUT2D eigenvalue weighted by molar-refractivity contribution is 5.72. The second-order valence-electron chi connectivity index (χ2n) is 2.79. The maximum atomic E-state index is 10.6. The fourth-order valence-electron chi connectivity index (χ4n) is 0.948. The topological polar surface area (TPSA) is 95.3 Å². The van der Waals surface area contributed by atoms with Gasteiger partial charge < -0.3 is 9.84 Å². The van der Waals surface area contributed by atoms with E-state index >= 15 is 0 Å². The Labute approximate surface area is 82.5 Å². The molecule has 1 N–H and O–H groups in total. The molecule has 0 aromatic heterocycles. The average Bonchev–Trinajstić information content (AvgIpc) is 2.16. The van der Waals surface area contributed by atoms with E-state index in [0.717, 1.165) is 12.8 Å². The van der Waals surface area contributed by atoms with Gasteiger partial charge in [-0.1, -0.05) is 24.9 Å². The number of unbranched alkanes of at least 4 members (excludes halogenated alkanes) is 1. The Morgan fingerprint density at radius 3 is 2.93 bits per heavy atom. The molecular weight excluding hydrogens is 186 g/mol. The zero-order chi connectivity index (χ0) is 10.8. The van der Waals surface area contributed by atoms with E-state index in [-0.39, 0.29) is 13.2 Å². The van der Waals surface area contributed by atoms with Crippen LogP contribution in [0.4, 0.5) is 0 Å². The first-order chi connectivity index (χ1) is 6.72. The third-order valence-electron chi connectivity index (χ3n) is 1.67. The standard InChI is InChI=1S/C8H15N3O3/c1-2-3-4-7(8(12)13)14-6-5-10-11-9/h7H,2-6H2,1H3,(H,12,13). The highest BCUT2D eigenvalue weighted by atomic mass is 16.5. The lowest BCUT2D eigenvalue weighted by molar-refractivity contribution is -0.150. The van der Waals surface area contributed by atoms with Crippen LogP contribution in [-0.2, 0) is 9.53 Å². The number of carboxylic acids is 1. The number of azide groups is 1. The fourth-order valence-corrected chi connectivity index (χ4v) is 0.948. The predicted molar refractivity (Wildman–Crippen MR) is 50.9 cm³/mol. The van der Waals surface area contributed by atoms with Gasteiger partial charge >= 0.3 is 5.97 Å². The van der Waals surface area contributed by atoms with Crippen molar-refractivity contribution in [3.8, 4) is 0 Å². The lowest BCUT2D eigenvalue weighted by atomic mass is 10.1. The van der Waals surface area contributed by atoms with Crippen molar-refractivity contribution in [2.24, 2.45) is 5.11 Å². The SMILES string of the molecule is CCCCC(OCCN=[N+]=[N-])C(=O)O. The van der Waals surface area contributed by atoms with Crippen LogP contribution in [0.25, 0.3) is 10.4 Å². The smallest absolute Gasteiger partial charge is 0.332 e. The fraction of sp³-hybridized carbons (Fsp3) is 0.875. The lowest BCUT2D eigenvalue weighted by Crippen LogP contribution is -2.24. The second-order valence-corrected chi connectivity index (χ2v) is 2.79. The molecule has 6 nitrogen and oxygen atoms in total. The molecule has 0 saturated carbocycles. The number of carboxylic acid groups (broad SMARTS) is 1. The molecule has 0 saturated heterocycles. The second kappa shape index (κ2) is 8.34. The molecule has 0 aliphatic rings. The summed E-state index contributed by atoms with van der Waals surface area (Å²) < 4.78 is 5.04. The molecule has 0 aliphatic carbocycles. The van der Waals surface area contributed by atoms with Crippen LogP contribution < -0.4 is 0 Å². The molecule has 0 radical (unpaired) electrons. The van der Waals surface area contributed by atoms with Crippen LogP contribution in [0.15, 0.2) is 5.11 Å². The molecule has 6 heteroatoms. The summed E-state index contributed by atoms with van der Waals surface area (Å²) in [7, 11) is 0. The van der Waals surface area contributed by atoms with E-state index in [1.165, 1.54) is 0 Å². The van der Waals surface area contributed by atoms with Crippen LogP contribution in [0.3, 0.4) is 0 Å². The first-order valence-electron chi connectivity index (χ1n) is 4.57. The molecule has 0 aliphatic heterocycles. The molecule has 0 rings (SSSR count). The van der Waals surface area contributed by atoms with Crippen molar-refractivity contribution in [3.63, 3.8) is 0 Å². The van der Waals surface area contributed by atoms with Crippen LogP contribution in [0, 0.1) is 0 Å². The van der Waals surface area contributed by atoms with E-state index in [2.05, 4.69) is 10.0 Å². The molecule has 14 heavy (non-hydrogen) atoms. The number of aliphatic carboxylic acids is 1. The van der Waals surface area contributed by atoms with Crippen molar-refractivity contribution in [3.05, 3.63) is 10.4 Å². The summed E-state index contributed by atoms with van der Waals surface area (Å²) in [6.45, 7) is 2.32. The van der Waals surface area contributed by atoms with Gasteiger partial charge in [0.1, 0.15) is 0 Å². The number of ether oxygens (including phenoxy) is 1. The minimum absolute atomic E-state index is 0.157. The van der Waals surface area contributed by atoms with Gasteiger partial charge in [-0.05, 0) is 12.0 Å². The largest absolute Gasteiger partial charge is 0.479 e.